The molecule has 11 heavy (non-hydrogen) atoms. The summed E-state index contributed by atoms with van der Waals surface area (Å²) in [7, 11) is 0. The molecule has 0 aliphatic rings. The van der Waals surface area contributed by atoms with Gasteiger partial charge in [0.05, 0.1) is 5.66 Å². The van der Waals surface area contributed by atoms with Gasteiger partial charge in [0.25, 0.3) is 0 Å². The number of terminal acetylenes is 1. The van der Waals surface area contributed by atoms with Gasteiger partial charge >= 0.3 is 0 Å². The molecule has 0 spiro atoms. The lowest BCUT2D eigenvalue weighted by molar-refractivity contribution is -0.118. The first-order chi connectivity index (χ1) is 4.98. The lowest BCUT2D eigenvalue weighted by atomic mass is 10.0. The highest BCUT2D eigenvalue weighted by Crippen LogP contribution is 2.06. The van der Waals surface area contributed by atoms with Gasteiger partial charge in [0, 0.05) is 12.8 Å². The fraction of sp³-hybridized carbons (Fsp3) is 0.625. The molecule has 0 amide bonds. The smallest absolute Gasteiger partial charge is 0.133 e. The van der Waals surface area contributed by atoms with Crippen molar-refractivity contribution < 1.29 is 4.79 Å². The van der Waals surface area contributed by atoms with Crippen LogP contribution in [0.1, 0.15) is 26.2 Å². The first-order valence-electron chi connectivity index (χ1n) is 3.48. The molecule has 0 radical (unpaired) electrons. The molecule has 0 saturated heterocycles. The van der Waals surface area contributed by atoms with E-state index in [4.69, 9.17) is 17.9 Å². The van der Waals surface area contributed by atoms with Crippen LogP contribution in [0.15, 0.2) is 0 Å². The Balaban J connectivity index is 3.81. The molecular formula is C8H14N2O. The van der Waals surface area contributed by atoms with Crippen molar-refractivity contribution in [3.05, 3.63) is 0 Å². The second kappa shape index (κ2) is 4.12. The quantitative estimate of drug-likeness (QED) is 0.442. The summed E-state index contributed by atoms with van der Waals surface area (Å²) in [6.45, 7) is 1.46. The van der Waals surface area contributed by atoms with Gasteiger partial charge in [-0.25, -0.2) is 0 Å². The zero-order valence-corrected chi connectivity index (χ0v) is 6.76. The summed E-state index contributed by atoms with van der Waals surface area (Å²) in [5.41, 5.74) is 10.2. The van der Waals surface area contributed by atoms with E-state index >= 15 is 0 Å². The topological polar surface area (TPSA) is 69.1 Å². The molecule has 0 atom stereocenters. The molecule has 0 aliphatic carbocycles. The highest BCUT2D eigenvalue weighted by Gasteiger charge is 2.19. The molecule has 62 valence electrons. The van der Waals surface area contributed by atoms with Crippen LogP contribution in [-0.4, -0.2) is 11.4 Å². The Bertz CT molecular complexity index is 179. The van der Waals surface area contributed by atoms with Crippen molar-refractivity contribution in [2.24, 2.45) is 11.5 Å². The fourth-order valence-corrected chi connectivity index (χ4v) is 0.857. The molecule has 0 bridgehead atoms. The molecule has 3 nitrogen and oxygen atoms in total. The van der Waals surface area contributed by atoms with Crippen LogP contribution in [0.3, 0.4) is 0 Å². The van der Waals surface area contributed by atoms with E-state index in [1.807, 2.05) is 0 Å². The van der Waals surface area contributed by atoms with Crippen LogP contribution in [-0.2, 0) is 4.79 Å². The Kier molecular flexibility index (Phi) is 3.80. The molecule has 3 heteroatoms. The third kappa shape index (κ3) is 5.59. The molecule has 0 unspecified atom stereocenters. The number of hydrogen-bond acceptors (Lipinski definition) is 3. The van der Waals surface area contributed by atoms with Gasteiger partial charge < -0.3 is 11.5 Å². The van der Waals surface area contributed by atoms with Gasteiger partial charge in [-0.05, 0) is 13.3 Å². The van der Waals surface area contributed by atoms with E-state index in [0.717, 1.165) is 0 Å². The third-order valence-electron chi connectivity index (χ3n) is 1.31. The van der Waals surface area contributed by atoms with Crippen LogP contribution in [0, 0.1) is 12.3 Å². The third-order valence-corrected chi connectivity index (χ3v) is 1.31. The number of rotatable bonds is 4. The van der Waals surface area contributed by atoms with Gasteiger partial charge in [-0.3, -0.25) is 4.79 Å². The van der Waals surface area contributed by atoms with Crippen molar-refractivity contribution in [1.29, 1.82) is 0 Å². The number of carbonyl (C=O) groups excluding carboxylic acids is 1. The normalized spacial score (nSPS) is 10.7. The first kappa shape index (κ1) is 10.2. The summed E-state index contributed by atoms with van der Waals surface area (Å²) in [6, 6.07) is 0. The Morgan fingerprint density at radius 3 is 2.55 bits per heavy atom. The van der Waals surface area contributed by atoms with E-state index in [9.17, 15) is 4.79 Å². The molecule has 0 aromatic rings. The lowest BCUT2D eigenvalue weighted by Gasteiger charge is -2.21. The predicted molar refractivity (Wildman–Crippen MR) is 44.5 cm³/mol. The summed E-state index contributed by atoms with van der Waals surface area (Å²) < 4.78 is 0. The number of nitrogens with two attached hydrogens (primary N) is 2. The van der Waals surface area contributed by atoms with Crippen molar-refractivity contribution in [2.75, 3.05) is 0 Å². The van der Waals surface area contributed by atoms with Crippen molar-refractivity contribution in [2.45, 2.75) is 31.8 Å². The van der Waals surface area contributed by atoms with Gasteiger partial charge in [0.1, 0.15) is 5.78 Å². The molecule has 4 N–H and O–H groups in total. The highest BCUT2D eigenvalue weighted by atomic mass is 16.1. The van der Waals surface area contributed by atoms with Crippen LogP contribution < -0.4 is 11.5 Å². The van der Waals surface area contributed by atoms with Gasteiger partial charge in [0.15, 0.2) is 0 Å². The van der Waals surface area contributed by atoms with Crippen LogP contribution in [0.2, 0.25) is 0 Å². The number of hydrogen-bond donors (Lipinski definition) is 2. The van der Waals surface area contributed by atoms with Gasteiger partial charge in [-0.15, -0.1) is 12.3 Å². The monoisotopic (exact) mass is 154 g/mol. The maximum Gasteiger partial charge on any atom is 0.133 e. The van der Waals surface area contributed by atoms with Crippen molar-refractivity contribution in [3.8, 4) is 12.3 Å². The van der Waals surface area contributed by atoms with E-state index in [1.165, 1.54) is 6.92 Å². The standard InChI is InChI=1S/C8H14N2O/c1-3-4-5-8(9,10)6-7(2)11/h1H,4-6,9-10H2,2H3. The van der Waals surface area contributed by atoms with Crippen LogP contribution >= 0.6 is 0 Å². The summed E-state index contributed by atoms with van der Waals surface area (Å²) in [5, 5.41) is 0. The molecular weight excluding hydrogens is 140 g/mol. The van der Waals surface area contributed by atoms with Crippen LogP contribution in [0.25, 0.3) is 0 Å². The van der Waals surface area contributed by atoms with Crippen molar-refractivity contribution in [1.82, 2.24) is 0 Å². The van der Waals surface area contributed by atoms with Crippen LogP contribution in [0.4, 0.5) is 0 Å². The van der Waals surface area contributed by atoms with E-state index in [2.05, 4.69) is 5.92 Å². The summed E-state index contributed by atoms with van der Waals surface area (Å²) in [4.78, 5) is 10.6. The predicted octanol–water partition coefficient (Wildman–Crippen LogP) is -0.00740. The van der Waals surface area contributed by atoms with Crippen molar-refractivity contribution in [3.63, 3.8) is 0 Å². The zero-order chi connectivity index (χ0) is 8.91. The molecule has 0 saturated carbocycles. The van der Waals surface area contributed by atoms with E-state index < -0.39 is 5.66 Å². The maximum atomic E-state index is 10.6. The Morgan fingerprint density at radius 2 is 2.18 bits per heavy atom. The number of ketones is 1. The zero-order valence-electron chi connectivity index (χ0n) is 6.76. The SMILES string of the molecule is C#CCCC(N)(N)CC(C)=O. The number of carbonyl (C=O) groups is 1. The molecule has 0 aromatic carbocycles. The molecule has 0 aliphatic heterocycles. The summed E-state index contributed by atoms with van der Waals surface area (Å²) in [5.74, 6) is 2.42. The minimum Gasteiger partial charge on any atom is -0.313 e. The summed E-state index contributed by atoms with van der Waals surface area (Å²) >= 11 is 0. The molecule has 0 fully saturated rings. The maximum absolute atomic E-state index is 10.6. The number of Topliss-reactive ketones (excluding diaryl/α,β-unsaturated/α-hetero) is 1. The summed E-state index contributed by atoms with van der Waals surface area (Å²) in [6.07, 6.45) is 6.21. The molecule has 0 rings (SSSR count). The average Bonchev–Trinajstić information content (AvgIpc) is 1.81. The second-order valence-corrected chi connectivity index (χ2v) is 2.82. The lowest BCUT2D eigenvalue weighted by Crippen LogP contribution is -2.50. The Hall–Kier alpha value is -0.850. The van der Waals surface area contributed by atoms with E-state index in [0.29, 0.717) is 12.8 Å². The van der Waals surface area contributed by atoms with Crippen LogP contribution in [0.5, 0.6) is 0 Å². The molecule has 0 heterocycles. The Morgan fingerprint density at radius 1 is 1.64 bits per heavy atom. The fourth-order valence-electron chi connectivity index (χ4n) is 0.857. The second-order valence-electron chi connectivity index (χ2n) is 2.82. The van der Waals surface area contributed by atoms with Gasteiger partial charge in [0.2, 0.25) is 0 Å². The van der Waals surface area contributed by atoms with E-state index in [-0.39, 0.29) is 12.2 Å². The Labute approximate surface area is 67.1 Å². The molecule has 0 aromatic heterocycles. The highest BCUT2D eigenvalue weighted by molar-refractivity contribution is 5.76. The van der Waals surface area contributed by atoms with Crippen molar-refractivity contribution >= 4 is 5.78 Å². The first-order valence-corrected chi connectivity index (χ1v) is 3.48. The minimum atomic E-state index is -0.918. The minimum absolute atomic E-state index is 0.00739. The largest absolute Gasteiger partial charge is 0.313 e. The van der Waals surface area contributed by atoms with E-state index in [1.54, 1.807) is 0 Å². The van der Waals surface area contributed by atoms with Gasteiger partial charge in [-0.1, -0.05) is 0 Å². The van der Waals surface area contributed by atoms with Gasteiger partial charge in [-0.2, -0.15) is 0 Å². The average molecular weight is 154 g/mol.